The fourth-order valence-electron chi connectivity index (χ4n) is 3.28. The number of furan rings is 1. The molecule has 2 aromatic heterocycles. The summed E-state index contributed by atoms with van der Waals surface area (Å²) in [5.74, 6) is 0.712. The summed E-state index contributed by atoms with van der Waals surface area (Å²) in [6, 6.07) is 5.56. The van der Waals surface area contributed by atoms with E-state index in [0.29, 0.717) is 18.5 Å². The van der Waals surface area contributed by atoms with Gasteiger partial charge in [0.05, 0.1) is 35.4 Å². The number of nitrogens with one attached hydrogen (secondary N) is 1. The maximum absolute atomic E-state index is 12.7. The van der Waals surface area contributed by atoms with Gasteiger partial charge >= 0.3 is 0 Å². The van der Waals surface area contributed by atoms with E-state index in [9.17, 15) is 13.2 Å². The molecule has 0 spiro atoms. The highest BCUT2D eigenvalue weighted by molar-refractivity contribution is 7.91. The average Bonchev–Trinajstić information content (AvgIpc) is 3.15. The molecule has 6 nitrogen and oxygen atoms in total. The zero-order valence-corrected chi connectivity index (χ0v) is 14.9. The van der Waals surface area contributed by atoms with Crippen molar-refractivity contribution in [2.24, 2.45) is 0 Å². The largest absolute Gasteiger partial charge is 0.467 e. The molecule has 7 heteroatoms. The molecule has 0 bridgehead atoms. The average molecular weight is 350 g/mol. The van der Waals surface area contributed by atoms with E-state index in [1.165, 1.54) is 0 Å². The van der Waals surface area contributed by atoms with E-state index in [-0.39, 0.29) is 17.4 Å². The maximum Gasteiger partial charge on any atom is 0.253 e. The molecule has 1 N–H and O–H groups in total. The molecule has 1 aliphatic heterocycles. The van der Waals surface area contributed by atoms with E-state index in [2.05, 4.69) is 5.32 Å². The monoisotopic (exact) mass is 350 g/mol. The van der Waals surface area contributed by atoms with Crippen LogP contribution >= 0.6 is 0 Å². The summed E-state index contributed by atoms with van der Waals surface area (Å²) in [7, 11) is -3.06. The lowest BCUT2D eigenvalue weighted by molar-refractivity contribution is 0.0914. The van der Waals surface area contributed by atoms with E-state index in [4.69, 9.17) is 4.42 Å². The van der Waals surface area contributed by atoms with Crippen LogP contribution in [0.15, 0.2) is 28.9 Å². The molecular weight excluding hydrogens is 328 g/mol. The zero-order chi connectivity index (χ0) is 17.5. The molecule has 1 atom stereocenters. The highest BCUT2D eigenvalue weighted by atomic mass is 32.2. The minimum absolute atomic E-state index is 0.00310. The Morgan fingerprint density at radius 2 is 2.17 bits per heavy atom. The molecule has 3 heterocycles. The van der Waals surface area contributed by atoms with Crippen molar-refractivity contribution in [2.75, 3.05) is 11.5 Å². The van der Waals surface area contributed by atoms with Crippen LogP contribution in [0.5, 0.6) is 0 Å². The van der Waals surface area contributed by atoms with Crippen LogP contribution in [0, 0.1) is 13.8 Å². The molecule has 24 heavy (non-hydrogen) atoms. The molecule has 1 fully saturated rings. The summed E-state index contributed by atoms with van der Waals surface area (Å²) < 4.78 is 30.8. The van der Waals surface area contributed by atoms with Crippen LogP contribution in [0.4, 0.5) is 0 Å². The van der Waals surface area contributed by atoms with E-state index in [1.807, 2.05) is 36.6 Å². The summed E-state index contributed by atoms with van der Waals surface area (Å²) in [4.78, 5) is 12.7. The van der Waals surface area contributed by atoms with Gasteiger partial charge < -0.3 is 14.3 Å². The Morgan fingerprint density at radius 3 is 2.75 bits per heavy atom. The highest BCUT2D eigenvalue weighted by Gasteiger charge is 2.39. The third-order valence-electron chi connectivity index (χ3n) is 4.63. The Balaban J connectivity index is 1.81. The first-order valence-corrected chi connectivity index (χ1v) is 9.73. The van der Waals surface area contributed by atoms with Crippen molar-refractivity contribution in [2.45, 2.75) is 39.3 Å². The molecule has 1 amide bonds. The third-order valence-corrected chi connectivity index (χ3v) is 6.53. The molecule has 1 aliphatic rings. The first-order valence-electron chi connectivity index (χ1n) is 7.91. The van der Waals surface area contributed by atoms with Crippen molar-refractivity contribution in [1.82, 2.24) is 9.88 Å². The molecule has 0 radical (unpaired) electrons. The number of hydrogen-bond donors (Lipinski definition) is 1. The summed E-state index contributed by atoms with van der Waals surface area (Å²) in [6.07, 6.45) is 2.07. The summed E-state index contributed by atoms with van der Waals surface area (Å²) in [6.45, 7) is 6.17. The van der Waals surface area contributed by atoms with E-state index >= 15 is 0 Å². The first-order chi connectivity index (χ1) is 11.2. The van der Waals surface area contributed by atoms with Gasteiger partial charge in [-0.05, 0) is 45.4 Å². The van der Waals surface area contributed by atoms with Gasteiger partial charge in [-0.3, -0.25) is 4.79 Å². The van der Waals surface area contributed by atoms with Crippen LogP contribution in [0.25, 0.3) is 0 Å². The van der Waals surface area contributed by atoms with Crippen LogP contribution in [-0.2, 0) is 16.4 Å². The SMILES string of the molecule is Cc1cc(C(=O)N[C@]2(C)CCS(=O)(=O)C2)c(C)n1Cc1ccco1. The van der Waals surface area contributed by atoms with Crippen molar-refractivity contribution in [1.29, 1.82) is 0 Å². The number of nitrogens with zero attached hydrogens (tertiary/aromatic N) is 1. The molecule has 0 unspecified atom stereocenters. The van der Waals surface area contributed by atoms with Gasteiger partial charge in [-0.15, -0.1) is 0 Å². The second kappa shape index (κ2) is 5.81. The number of aryl methyl sites for hydroxylation is 1. The number of aromatic nitrogens is 1. The number of hydrogen-bond acceptors (Lipinski definition) is 4. The Labute approximate surface area is 141 Å². The number of rotatable bonds is 4. The van der Waals surface area contributed by atoms with Crippen LogP contribution in [0.1, 0.15) is 40.9 Å². The van der Waals surface area contributed by atoms with E-state index in [1.54, 1.807) is 13.2 Å². The summed E-state index contributed by atoms with van der Waals surface area (Å²) >= 11 is 0. The number of carbonyl (C=O) groups is 1. The lowest BCUT2D eigenvalue weighted by Gasteiger charge is -2.23. The Morgan fingerprint density at radius 1 is 1.42 bits per heavy atom. The number of carbonyl (C=O) groups excluding carboxylic acids is 1. The molecule has 0 aromatic carbocycles. The topological polar surface area (TPSA) is 81.3 Å². The van der Waals surface area contributed by atoms with E-state index in [0.717, 1.165) is 17.1 Å². The van der Waals surface area contributed by atoms with Gasteiger partial charge in [-0.1, -0.05) is 0 Å². The van der Waals surface area contributed by atoms with Gasteiger partial charge in [0.25, 0.3) is 5.91 Å². The Hall–Kier alpha value is -2.02. The lowest BCUT2D eigenvalue weighted by Crippen LogP contribution is -2.47. The smallest absolute Gasteiger partial charge is 0.253 e. The fraction of sp³-hybridized carbons (Fsp3) is 0.471. The number of sulfone groups is 1. The van der Waals surface area contributed by atoms with E-state index < -0.39 is 15.4 Å². The first kappa shape index (κ1) is 16.8. The Bertz CT molecular complexity index is 865. The minimum atomic E-state index is -3.06. The second-order valence-electron chi connectivity index (χ2n) is 6.81. The zero-order valence-electron chi connectivity index (χ0n) is 14.1. The molecule has 2 aromatic rings. The van der Waals surface area contributed by atoms with Crippen LogP contribution in [0.2, 0.25) is 0 Å². The molecule has 3 rings (SSSR count). The quantitative estimate of drug-likeness (QED) is 0.915. The normalized spacial score (nSPS) is 22.6. The maximum atomic E-state index is 12.7. The number of amides is 1. The molecule has 0 saturated carbocycles. The van der Waals surface area contributed by atoms with Crippen molar-refractivity contribution >= 4 is 15.7 Å². The van der Waals surface area contributed by atoms with Crippen LogP contribution in [-0.4, -0.2) is 35.9 Å². The van der Waals surface area contributed by atoms with Gasteiger partial charge in [0, 0.05) is 11.4 Å². The summed E-state index contributed by atoms with van der Waals surface area (Å²) in [5, 5.41) is 2.91. The standard InChI is InChI=1S/C17H22N2O4S/c1-12-9-15(13(2)19(12)10-14-5-4-7-23-14)16(20)18-17(3)6-8-24(21,22)11-17/h4-5,7,9H,6,8,10-11H2,1-3H3,(H,18,20)/t17-/m1/s1. The van der Waals surface area contributed by atoms with Crippen LogP contribution in [0.3, 0.4) is 0 Å². The van der Waals surface area contributed by atoms with Gasteiger partial charge in [0.15, 0.2) is 9.84 Å². The Kier molecular flexibility index (Phi) is 4.07. The molecule has 130 valence electrons. The van der Waals surface area contributed by atoms with Gasteiger partial charge in [0.2, 0.25) is 0 Å². The van der Waals surface area contributed by atoms with Crippen molar-refractivity contribution in [3.8, 4) is 0 Å². The summed E-state index contributed by atoms with van der Waals surface area (Å²) in [5.41, 5.74) is 1.67. The van der Waals surface area contributed by atoms with Gasteiger partial charge in [0.1, 0.15) is 5.76 Å². The minimum Gasteiger partial charge on any atom is -0.467 e. The third kappa shape index (κ3) is 3.26. The lowest BCUT2D eigenvalue weighted by atomic mass is 10.0. The predicted molar refractivity (Wildman–Crippen MR) is 90.9 cm³/mol. The second-order valence-corrected chi connectivity index (χ2v) is 8.99. The van der Waals surface area contributed by atoms with Crippen molar-refractivity contribution < 1.29 is 17.6 Å². The fourth-order valence-corrected chi connectivity index (χ4v) is 5.38. The van der Waals surface area contributed by atoms with Gasteiger partial charge in [-0.25, -0.2) is 8.42 Å². The van der Waals surface area contributed by atoms with Crippen molar-refractivity contribution in [3.05, 3.63) is 47.2 Å². The highest BCUT2D eigenvalue weighted by Crippen LogP contribution is 2.24. The predicted octanol–water partition coefficient (Wildman–Crippen LogP) is 2.05. The van der Waals surface area contributed by atoms with Crippen LogP contribution < -0.4 is 5.32 Å². The molecule has 0 aliphatic carbocycles. The molecule has 1 saturated heterocycles. The van der Waals surface area contributed by atoms with Gasteiger partial charge in [-0.2, -0.15) is 0 Å². The van der Waals surface area contributed by atoms with Crippen molar-refractivity contribution in [3.63, 3.8) is 0 Å². The molecular formula is C17H22N2O4S.